The van der Waals surface area contributed by atoms with E-state index in [0.29, 0.717) is 0 Å². The smallest absolute Gasteiger partial charge is 0.412 e. The van der Waals surface area contributed by atoms with Gasteiger partial charge in [0.25, 0.3) is 0 Å². The second-order valence-electron chi connectivity index (χ2n) is 8.49. The number of hydrogen-bond acceptors (Lipinski definition) is 2. The molecule has 0 saturated carbocycles. The third-order valence-electron chi connectivity index (χ3n) is 5.28. The van der Waals surface area contributed by atoms with Crippen LogP contribution in [0.5, 0.6) is 0 Å². The zero-order valence-corrected chi connectivity index (χ0v) is 21.6. The zero-order chi connectivity index (χ0) is 22.8. The molecule has 0 rings (SSSR count). The van der Waals surface area contributed by atoms with Crippen LogP contribution in [0.4, 0.5) is 0 Å². The van der Waals surface area contributed by atoms with Gasteiger partial charge in [0, 0.05) is 13.2 Å². The van der Waals surface area contributed by atoms with Crippen molar-refractivity contribution in [2.24, 2.45) is 0 Å². The molecule has 0 radical (unpaired) electrons. The van der Waals surface area contributed by atoms with E-state index in [1.54, 1.807) is 0 Å². The van der Waals surface area contributed by atoms with Gasteiger partial charge in [-0.05, 0) is 12.8 Å². The van der Waals surface area contributed by atoms with Gasteiger partial charge in [-0.2, -0.15) is 0 Å². The summed E-state index contributed by atoms with van der Waals surface area (Å²) in [6, 6.07) is 0. The molecule has 31 heavy (non-hydrogen) atoms. The summed E-state index contributed by atoms with van der Waals surface area (Å²) in [5, 5.41) is 0. The van der Waals surface area contributed by atoms with Crippen molar-refractivity contribution in [3.63, 3.8) is 0 Å². The van der Waals surface area contributed by atoms with E-state index < -0.39 is 7.82 Å². The fraction of sp³-hybridized carbons (Fsp3) is 1.00. The lowest BCUT2D eigenvalue weighted by Gasteiger charge is -2.05. The van der Waals surface area contributed by atoms with E-state index in [9.17, 15) is 0 Å². The molecule has 0 saturated heterocycles. The molecule has 0 amide bonds. The zero-order valence-electron chi connectivity index (χ0n) is 20.7. The summed E-state index contributed by atoms with van der Waals surface area (Å²) in [4.78, 5) is 21.6. The minimum atomic E-state index is -4.64. The number of unbranched alkanes of at least 4 members (excludes halogenated alkanes) is 18. The SMILES string of the molecule is CCCCCCCCCCCCOCCCCCCCCCCCC.O.O=P(O)(O)O. The number of rotatable bonds is 22. The predicted octanol–water partition coefficient (Wildman–Crippen LogP) is 7.09. The maximum absolute atomic E-state index is 8.88. The highest BCUT2D eigenvalue weighted by molar-refractivity contribution is 7.45. The molecule has 6 nitrogen and oxygen atoms in total. The van der Waals surface area contributed by atoms with Crippen LogP contribution in [-0.2, 0) is 9.30 Å². The molecule has 0 aliphatic carbocycles. The Hall–Kier alpha value is 0.0300. The molecule has 0 aromatic rings. The normalized spacial score (nSPS) is 11.0. The minimum absolute atomic E-state index is 0. The summed E-state index contributed by atoms with van der Waals surface area (Å²) in [5.41, 5.74) is 0. The van der Waals surface area contributed by atoms with Crippen LogP contribution in [0.1, 0.15) is 142 Å². The van der Waals surface area contributed by atoms with Crippen LogP contribution >= 0.6 is 7.82 Å². The van der Waals surface area contributed by atoms with Crippen LogP contribution < -0.4 is 0 Å². The van der Waals surface area contributed by atoms with Crippen LogP contribution in [0.2, 0.25) is 0 Å². The average molecular weight is 471 g/mol. The minimum Gasteiger partial charge on any atom is -0.412 e. The molecule has 0 aliphatic rings. The van der Waals surface area contributed by atoms with Crippen molar-refractivity contribution >= 4 is 7.82 Å². The maximum Gasteiger partial charge on any atom is 0.466 e. The Morgan fingerprint density at radius 2 is 0.677 bits per heavy atom. The van der Waals surface area contributed by atoms with Gasteiger partial charge in [-0.25, -0.2) is 4.57 Å². The Labute approximate surface area is 193 Å². The maximum atomic E-state index is 8.88. The second kappa shape index (κ2) is 30.0. The van der Waals surface area contributed by atoms with Crippen molar-refractivity contribution in [1.29, 1.82) is 0 Å². The van der Waals surface area contributed by atoms with Crippen LogP contribution in [-0.4, -0.2) is 33.4 Å². The first kappa shape index (κ1) is 35.6. The van der Waals surface area contributed by atoms with Gasteiger partial charge in [-0.15, -0.1) is 0 Å². The lowest BCUT2D eigenvalue weighted by Crippen LogP contribution is -1.97. The summed E-state index contributed by atoms with van der Waals surface area (Å²) in [7, 11) is -4.64. The van der Waals surface area contributed by atoms with Crippen molar-refractivity contribution in [3.8, 4) is 0 Å². The van der Waals surface area contributed by atoms with E-state index in [1.807, 2.05) is 0 Å². The average Bonchev–Trinajstić information content (AvgIpc) is 2.68. The standard InChI is InChI=1S/C24H50O.H3O4P.H2O/c1-3-5-7-9-11-13-15-17-19-21-23-25-24-22-20-18-16-14-12-10-8-6-4-2;1-5(2,3)4;/h3-24H2,1-2H3;(H3,1,2,3,4);1H2. The molecular formula is C24H55O6P. The van der Waals surface area contributed by atoms with Gasteiger partial charge in [-0.1, -0.05) is 129 Å². The van der Waals surface area contributed by atoms with Gasteiger partial charge in [-0.3, -0.25) is 0 Å². The molecule has 5 N–H and O–H groups in total. The highest BCUT2D eigenvalue weighted by Gasteiger charge is 2.00. The molecule has 7 heteroatoms. The van der Waals surface area contributed by atoms with E-state index in [2.05, 4.69) is 13.8 Å². The van der Waals surface area contributed by atoms with Gasteiger partial charge in [0.15, 0.2) is 0 Å². The Kier molecular flexibility index (Phi) is 34.5. The topological polar surface area (TPSA) is 118 Å². The van der Waals surface area contributed by atoms with Crippen molar-refractivity contribution in [1.82, 2.24) is 0 Å². The van der Waals surface area contributed by atoms with E-state index in [0.717, 1.165) is 13.2 Å². The molecule has 0 heterocycles. The quantitative estimate of drug-likeness (QED) is 0.115. The van der Waals surface area contributed by atoms with Gasteiger partial charge in [0.05, 0.1) is 0 Å². The molecule has 0 aromatic carbocycles. The van der Waals surface area contributed by atoms with Gasteiger partial charge < -0.3 is 24.9 Å². The number of ether oxygens (including phenoxy) is 1. The van der Waals surface area contributed by atoms with Crippen molar-refractivity contribution in [2.45, 2.75) is 142 Å². The highest BCUT2D eigenvalue weighted by Crippen LogP contribution is 2.25. The van der Waals surface area contributed by atoms with Gasteiger partial charge in [0.2, 0.25) is 0 Å². The van der Waals surface area contributed by atoms with E-state index in [4.69, 9.17) is 24.0 Å². The van der Waals surface area contributed by atoms with Crippen molar-refractivity contribution in [2.75, 3.05) is 13.2 Å². The summed E-state index contributed by atoms with van der Waals surface area (Å²) < 4.78 is 14.7. The van der Waals surface area contributed by atoms with Crippen molar-refractivity contribution in [3.05, 3.63) is 0 Å². The first-order valence-corrected chi connectivity index (χ1v) is 14.3. The Morgan fingerprint density at radius 3 is 0.903 bits per heavy atom. The fourth-order valence-corrected chi connectivity index (χ4v) is 3.49. The molecule has 0 aromatic heterocycles. The second-order valence-corrected chi connectivity index (χ2v) is 9.52. The number of hydrogen-bond donors (Lipinski definition) is 3. The third kappa shape index (κ3) is 48.6. The number of phosphoric acid groups is 1. The fourth-order valence-electron chi connectivity index (χ4n) is 3.49. The monoisotopic (exact) mass is 470 g/mol. The van der Waals surface area contributed by atoms with Gasteiger partial charge >= 0.3 is 7.82 Å². The van der Waals surface area contributed by atoms with Crippen LogP contribution in [0, 0.1) is 0 Å². The highest BCUT2D eigenvalue weighted by atomic mass is 31.2. The van der Waals surface area contributed by atoms with Gasteiger partial charge in [0.1, 0.15) is 0 Å². The summed E-state index contributed by atoms with van der Waals surface area (Å²) >= 11 is 0. The molecule has 192 valence electrons. The summed E-state index contributed by atoms with van der Waals surface area (Å²) in [6.07, 6.45) is 28.2. The molecule has 0 spiro atoms. The van der Waals surface area contributed by atoms with E-state index >= 15 is 0 Å². The molecule has 0 unspecified atom stereocenters. The van der Waals surface area contributed by atoms with Crippen LogP contribution in [0.25, 0.3) is 0 Å². The lowest BCUT2D eigenvalue weighted by atomic mass is 10.1. The van der Waals surface area contributed by atoms with Crippen LogP contribution in [0.3, 0.4) is 0 Å². The molecule has 0 bridgehead atoms. The molecule has 0 atom stereocenters. The molecular weight excluding hydrogens is 415 g/mol. The van der Waals surface area contributed by atoms with Crippen LogP contribution in [0.15, 0.2) is 0 Å². The van der Waals surface area contributed by atoms with E-state index in [-0.39, 0.29) is 5.48 Å². The Bertz CT molecular complexity index is 319. The Balaban J connectivity index is -0.00000116. The largest absolute Gasteiger partial charge is 0.466 e. The Morgan fingerprint density at radius 1 is 0.484 bits per heavy atom. The predicted molar refractivity (Wildman–Crippen MR) is 132 cm³/mol. The lowest BCUT2D eigenvalue weighted by molar-refractivity contribution is 0.125. The van der Waals surface area contributed by atoms with Crippen molar-refractivity contribution < 1.29 is 29.5 Å². The third-order valence-corrected chi connectivity index (χ3v) is 5.28. The summed E-state index contributed by atoms with van der Waals surface area (Å²) in [5.74, 6) is 0. The molecule has 0 fully saturated rings. The molecule has 0 aliphatic heterocycles. The first-order chi connectivity index (χ1) is 14.4. The first-order valence-electron chi connectivity index (χ1n) is 12.8. The summed E-state index contributed by atoms with van der Waals surface area (Å²) in [6.45, 7) is 6.57. The van der Waals surface area contributed by atoms with E-state index in [1.165, 1.54) is 128 Å².